The number of anilines is 1. The molecule has 0 aliphatic rings. The quantitative estimate of drug-likeness (QED) is 0.456. The topological polar surface area (TPSA) is 128 Å². The molecule has 0 radical (unpaired) electrons. The lowest BCUT2D eigenvalue weighted by atomic mass is 10.2. The van der Waals surface area contributed by atoms with Gasteiger partial charge in [0.15, 0.2) is 6.10 Å². The summed E-state index contributed by atoms with van der Waals surface area (Å²) in [4.78, 5) is 44.8. The Morgan fingerprint density at radius 1 is 1.22 bits per heavy atom. The van der Waals surface area contributed by atoms with Crippen LogP contribution in [0.5, 0.6) is 0 Å². The first-order valence-electron chi connectivity index (χ1n) is 6.74. The fourth-order valence-corrected chi connectivity index (χ4v) is 1.67. The standard InChI is InChI=1S/C14H17N3O6/c1-8(15-10(3)18)14(20)23-9(2)13(19)16-11-6-4-5-7-12(11)17(21)22/h4-9H,1-3H3,(H,15,18)(H,16,19)/t8-,9+/m1/s1. The molecule has 2 amide bonds. The summed E-state index contributed by atoms with van der Waals surface area (Å²) >= 11 is 0. The second-order valence-electron chi connectivity index (χ2n) is 4.76. The van der Waals surface area contributed by atoms with E-state index in [9.17, 15) is 24.5 Å². The van der Waals surface area contributed by atoms with Gasteiger partial charge in [-0.3, -0.25) is 19.7 Å². The van der Waals surface area contributed by atoms with Crippen molar-refractivity contribution in [1.82, 2.24) is 5.32 Å². The number of carbonyl (C=O) groups is 3. The van der Waals surface area contributed by atoms with E-state index in [-0.39, 0.29) is 11.4 Å². The van der Waals surface area contributed by atoms with E-state index >= 15 is 0 Å². The van der Waals surface area contributed by atoms with Crippen LogP contribution >= 0.6 is 0 Å². The Bertz CT molecular complexity index is 631. The van der Waals surface area contributed by atoms with Gasteiger partial charge in [0.25, 0.3) is 11.6 Å². The SMILES string of the molecule is CC(=O)N[C@H](C)C(=O)O[C@@H](C)C(=O)Nc1ccccc1[N+](=O)[O-]. The number of hydrogen-bond acceptors (Lipinski definition) is 6. The molecule has 0 bridgehead atoms. The van der Waals surface area contributed by atoms with Gasteiger partial charge in [0.2, 0.25) is 5.91 Å². The van der Waals surface area contributed by atoms with Crippen LogP contribution in [0.15, 0.2) is 24.3 Å². The molecule has 1 aromatic rings. The van der Waals surface area contributed by atoms with Crippen molar-refractivity contribution in [3.63, 3.8) is 0 Å². The van der Waals surface area contributed by atoms with Gasteiger partial charge in [-0.1, -0.05) is 12.1 Å². The maximum absolute atomic E-state index is 12.0. The van der Waals surface area contributed by atoms with E-state index < -0.39 is 34.9 Å². The number of esters is 1. The van der Waals surface area contributed by atoms with Gasteiger partial charge in [-0.2, -0.15) is 0 Å². The van der Waals surface area contributed by atoms with Crippen LogP contribution in [-0.2, 0) is 19.1 Å². The van der Waals surface area contributed by atoms with Crippen LogP contribution in [0.2, 0.25) is 0 Å². The van der Waals surface area contributed by atoms with Gasteiger partial charge < -0.3 is 15.4 Å². The molecule has 0 aliphatic carbocycles. The number of hydrogen-bond donors (Lipinski definition) is 2. The van der Waals surface area contributed by atoms with Crippen LogP contribution in [0, 0.1) is 10.1 Å². The van der Waals surface area contributed by atoms with Crippen LogP contribution in [0.4, 0.5) is 11.4 Å². The Morgan fingerprint density at radius 2 is 1.83 bits per heavy atom. The number of benzene rings is 1. The van der Waals surface area contributed by atoms with Crippen LogP contribution in [0.25, 0.3) is 0 Å². The largest absolute Gasteiger partial charge is 0.451 e. The van der Waals surface area contributed by atoms with Gasteiger partial charge in [-0.25, -0.2) is 4.79 Å². The molecule has 1 rings (SSSR count). The number of nitro benzene ring substituents is 1. The van der Waals surface area contributed by atoms with Crippen LogP contribution in [0.3, 0.4) is 0 Å². The normalized spacial score (nSPS) is 12.7. The molecule has 0 spiro atoms. The molecular formula is C14H17N3O6. The maximum atomic E-state index is 12.0. The summed E-state index contributed by atoms with van der Waals surface area (Å²) in [5.74, 6) is -1.92. The van der Waals surface area contributed by atoms with E-state index in [1.807, 2.05) is 0 Å². The number of amides is 2. The van der Waals surface area contributed by atoms with Crippen molar-refractivity contribution in [1.29, 1.82) is 0 Å². The monoisotopic (exact) mass is 323 g/mol. The van der Waals surface area contributed by atoms with Gasteiger partial charge in [-0.05, 0) is 19.9 Å². The van der Waals surface area contributed by atoms with Gasteiger partial charge in [0.1, 0.15) is 11.7 Å². The molecule has 23 heavy (non-hydrogen) atoms. The minimum Gasteiger partial charge on any atom is -0.451 e. The lowest BCUT2D eigenvalue weighted by molar-refractivity contribution is -0.383. The van der Waals surface area contributed by atoms with E-state index in [1.165, 1.54) is 45.0 Å². The van der Waals surface area contributed by atoms with E-state index in [1.54, 1.807) is 0 Å². The van der Waals surface area contributed by atoms with Gasteiger partial charge >= 0.3 is 5.97 Å². The number of nitro groups is 1. The third-order valence-corrected chi connectivity index (χ3v) is 2.79. The average Bonchev–Trinajstić information content (AvgIpc) is 2.46. The molecule has 2 atom stereocenters. The lowest BCUT2D eigenvalue weighted by Crippen LogP contribution is -2.41. The molecule has 1 aromatic carbocycles. The van der Waals surface area contributed by atoms with Crippen LogP contribution in [-0.4, -0.2) is 34.9 Å². The van der Waals surface area contributed by atoms with Crippen molar-refractivity contribution in [2.75, 3.05) is 5.32 Å². The van der Waals surface area contributed by atoms with Crippen molar-refractivity contribution in [2.45, 2.75) is 32.9 Å². The molecule has 0 unspecified atom stereocenters. The Labute approximate surface area is 132 Å². The van der Waals surface area contributed by atoms with Gasteiger partial charge in [0.05, 0.1) is 4.92 Å². The smallest absolute Gasteiger partial charge is 0.329 e. The highest BCUT2D eigenvalue weighted by Gasteiger charge is 2.24. The number of nitrogens with one attached hydrogen (secondary N) is 2. The first kappa shape index (κ1) is 18.1. The Morgan fingerprint density at radius 3 is 2.39 bits per heavy atom. The van der Waals surface area contributed by atoms with Crippen LogP contribution in [0.1, 0.15) is 20.8 Å². The molecule has 0 saturated heterocycles. The summed E-state index contributed by atoms with van der Waals surface area (Å²) in [5, 5.41) is 15.5. The lowest BCUT2D eigenvalue weighted by Gasteiger charge is -2.17. The summed E-state index contributed by atoms with van der Waals surface area (Å²) in [6.45, 7) is 3.98. The van der Waals surface area contributed by atoms with E-state index in [4.69, 9.17) is 4.74 Å². The minimum absolute atomic E-state index is 0.000286. The summed E-state index contributed by atoms with van der Waals surface area (Å²) < 4.78 is 4.91. The molecule has 0 saturated carbocycles. The van der Waals surface area contributed by atoms with Gasteiger partial charge in [-0.15, -0.1) is 0 Å². The number of nitrogens with zero attached hydrogens (tertiary/aromatic N) is 1. The second-order valence-corrected chi connectivity index (χ2v) is 4.76. The van der Waals surface area contributed by atoms with Crippen LogP contribution < -0.4 is 10.6 Å². The van der Waals surface area contributed by atoms with Gasteiger partial charge in [0, 0.05) is 13.0 Å². The molecular weight excluding hydrogens is 306 g/mol. The molecule has 0 fully saturated rings. The molecule has 9 heteroatoms. The molecule has 9 nitrogen and oxygen atoms in total. The first-order valence-corrected chi connectivity index (χ1v) is 6.74. The Kier molecular flexibility index (Phi) is 6.19. The highest BCUT2D eigenvalue weighted by molar-refractivity contribution is 5.97. The Balaban J connectivity index is 2.70. The number of rotatable bonds is 6. The summed E-state index contributed by atoms with van der Waals surface area (Å²) in [5.41, 5.74) is -0.272. The second kappa shape index (κ2) is 7.87. The summed E-state index contributed by atoms with van der Waals surface area (Å²) in [6.07, 6.45) is -1.18. The van der Waals surface area contributed by atoms with Crippen molar-refractivity contribution in [3.8, 4) is 0 Å². The number of para-hydroxylation sites is 2. The molecule has 0 aliphatic heterocycles. The number of ether oxygens (including phenoxy) is 1. The molecule has 0 heterocycles. The van der Waals surface area contributed by atoms with E-state index in [0.29, 0.717) is 0 Å². The van der Waals surface area contributed by atoms with E-state index in [2.05, 4.69) is 10.6 Å². The zero-order valence-electron chi connectivity index (χ0n) is 12.9. The van der Waals surface area contributed by atoms with Crippen molar-refractivity contribution < 1.29 is 24.0 Å². The fraction of sp³-hybridized carbons (Fsp3) is 0.357. The highest BCUT2D eigenvalue weighted by atomic mass is 16.6. The van der Waals surface area contributed by atoms with Crippen molar-refractivity contribution >= 4 is 29.2 Å². The van der Waals surface area contributed by atoms with E-state index in [0.717, 1.165) is 0 Å². The fourth-order valence-electron chi connectivity index (χ4n) is 1.67. The highest BCUT2D eigenvalue weighted by Crippen LogP contribution is 2.23. The molecule has 124 valence electrons. The summed E-state index contributed by atoms with van der Waals surface area (Å²) in [7, 11) is 0. The predicted octanol–water partition coefficient (Wildman–Crippen LogP) is 0.990. The maximum Gasteiger partial charge on any atom is 0.329 e. The zero-order chi connectivity index (χ0) is 17.6. The first-order chi connectivity index (χ1) is 10.7. The molecule has 2 N–H and O–H groups in total. The zero-order valence-corrected chi connectivity index (χ0v) is 12.9. The van der Waals surface area contributed by atoms with Crippen molar-refractivity contribution in [3.05, 3.63) is 34.4 Å². The third-order valence-electron chi connectivity index (χ3n) is 2.79. The number of carbonyl (C=O) groups excluding carboxylic acids is 3. The van der Waals surface area contributed by atoms with Crippen molar-refractivity contribution in [2.24, 2.45) is 0 Å². The third kappa shape index (κ3) is 5.38. The summed E-state index contributed by atoms with van der Waals surface area (Å²) in [6, 6.07) is 4.69. The molecule has 0 aromatic heterocycles. The minimum atomic E-state index is -1.18. The average molecular weight is 323 g/mol. The predicted molar refractivity (Wildman–Crippen MR) is 80.6 cm³/mol. The Hall–Kier alpha value is -2.97.